The number of rotatable bonds is 3. The molecule has 1 fully saturated rings. The smallest absolute Gasteiger partial charge is 0.212 e. The molecule has 1 aliphatic rings. The molecule has 0 spiro atoms. The van der Waals surface area contributed by atoms with E-state index in [1.165, 1.54) is 4.88 Å². The van der Waals surface area contributed by atoms with Crippen LogP contribution in [0.5, 0.6) is 0 Å². The first-order chi connectivity index (χ1) is 7.63. The number of thiophene rings is 1. The fourth-order valence-electron chi connectivity index (χ4n) is 2.12. The van der Waals surface area contributed by atoms with Gasteiger partial charge in [-0.15, -0.1) is 11.3 Å². The molecule has 0 aromatic carbocycles. The maximum atomic E-state index is 11.7. The van der Waals surface area contributed by atoms with E-state index in [9.17, 15) is 8.42 Å². The molecule has 2 rings (SSSR count). The molecule has 0 unspecified atom stereocenters. The maximum Gasteiger partial charge on any atom is 0.213 e. The van der Waals surface area contributed by atoms with Gasteiger partial charge in [-0.1, -0.05) is 6.07 Å². The van der Waals surface area contributed by atoms with Crippen molar-refractivity contribution in [2.24, 2.45) is 0 Å². The van der Waals surface area contributed by atoms with Crippen molar-refractivity contribution in [3.05, 3.63) is 22.4 Å². The van der Waals surface area contributed by atoms with Crippen LogP contribution in [0.4, 0.5) is 0 Å². The molecule has 0 amide bonds. The van der Waals surface area contributed by atoms with Gasteiger partial charge >= 0.3 is 0 Å². The molecule has 1 aliphatic heterocycles. The lowest BCUT2D eigenvalue weighted by molar-refractivity contribution is 0.322. The van der Waals surface area contributed by atoms with Crippen LogP contribution in [0.25, 0.3) is 0 Å². The Balaban J connectivity index is 1.98. The summed E-state index contributed by atoms with van der Waals surface area (Å²) < 4.78 is 25.0. The molecule has 90 valence electrons. The molecule has 0 saturated carbocycles. The first-order valence-electron chi connectivity index (χ1n) is 5.64. The minimum Gasteiger partial charge on any atom is -0.212 e. The summed E-state index contributed by atoms with van der Waals surface area (Å²) in [5.41, 5.74) is 0. The van der Waals surface area contributed by atoms with Crippen molar-refractivity contribution in [1.82, 2.24) is 4.31 Å². The minimum atomic E-state index is -2.98. The summed E-state index contributed by atoms with van der Waals surface area (Å²) in [5, 5.41) is 2.09. The lowest BCUT2D eigenvalue weighted by atomic mass is 9.97. The number of hydrogen-bond donors (Lipinski definition) is 0. The zero-order chi connectivity index (χ0) is 11.6. The predicted molar refractivity (Wildman–Crippen MR) is 67.3 cm³/mol. The zero-order valence-electron chi connectivity index (χ0n) is 9.43. The molecule has 0 radical (unpaired) electrons. The molecule has 0 aliphatic carbocycles. The fraction of sp³-hybridized carbons (Fsp3) is 0.636. The van der Waals surface area contributed by atoms with Gasteiger partial charge in [0.1, 0.15) is 0 Å². The lowest BCUT2D eigenvalue weighted by Gasteiger charge is -2.30. The van der Waals surface area contributed by atoms with Crippen LogP contribution in [0, 0.1) is 0 Å². The second-order valence-corrected chi connectivity index (χ2v) is 7.33. The maximum absolute atomic E-state index is 11.7. The van der Waals surface area contributed by atoms with Crippen LogP contribution in [-0.4, -0.2) is 31.6 Å². The van der Waals surface area contributed by atoms with E-state index in [4.69, 9.17) is 0 Å². The topological polar surface area (TPSA) is 37.4 Å². The van der Waals surface area contributed by atoms with Crippen LogP contribution in [-0.2, 0) is 10.0 Å². The Morgan fingerprint density at radius 3 is 2.62 bits per heavy atom. The molecule has 16 heavy (non-hydrogen) atoms. The molecule has 1 aromatic heterocycles. The molecule has 3 nitrogen and oxygen atoms in total. The van der Waals surface area contributed by atoms with Gasteiger partial charge in [0.15, 0.2) is 0 Å². The second-order valence-electron chi connectivity index (χ2n) is 4.09. The van der Waals surface area contributed by atoms with Gasteiger partial charge < -0.3 is 0 Å². The van der Waals surface area contributed by atoms with Crippen LogP contribution in [0.3, 0.4) is 0 Å². The van der Waals surface area contributed by atoms with Gasteiger partial charge in [0.05, 0.1) is 5.75 Å². The molecular formula is C11H17NO2S2. The Morgan fingerprint density at radius 1 is 1.44 bits per heavy atom. The van der Waals surface area contributed by atoms with Crippen molar-refractivity contribution in [2.45, 2.75) is 25.7 Å². The summed E-state index contributed by atoms with van der Waals surface area (Å²) in [6.07, 6.45) is 1.92. The van der Waals surface area contributed by atoms with Crippen LogP contribution in [0.1, 0.15) is 30.6 Å². The summed E-state index contributed by atoms with van der Waals surface area (Å²) in [4.78, 5) is 1.40. The normalized spacial score (nSPS) is 20.1. The van der Waals surface area contributed by atoms with Crippen molar-refractivity contribution in [1.29, 1.82) is 0 Å². The molecule has 0 atom stereocenters. The third kappa shape index (κ3) is 2.47. The number of piperidine rings is 1. The summed E-state index contributed by atoms with van der Waals surface area (Å²) in [7, 11) is -2.98. The van der Waals surface area contributed by atoms with E-state index >= 15 is 0 Å². The fourth-order valence-corrected chi connectivity index (χ4v) is 4.16. The number of hydrogen-bond acceptors (Lipinski definition) is 3. The van der Waals surface area contributed by atoms with Crippen molar-refractivity contribution >= 4 is 21.4 Å². The first kappa shape index (κ1) is 12.1. The third-order valence-electron chi connectivity index (χ3n) is 3.16. The summed E-state index contributed by atoms with van der Waals surface area (Å²) in [6, 6.07) is 4.22. The van der Waals surface area contributed by atoms with Gasteiger partial charge in [-0.2, -0.15) is 0 Å². The van der Waals surface area contributed by atoms with Gasteiger partial charge in [0, 0.05) is 18.0 Å². The van der Waals surface area contributed by atoms with Crippen molar-refractivity contribution < 1.29 is 8.42 Å². The highest BCUT2D eigenvalue weighted by Gasteiger charge is 2.27. The molecule has 2 heterocycles. The Labute approximate surface area is 101 Å². The minimum absolute atomic E-state index is 0.219. The molecule has 0 N–H and O–H groups in total. The van der Waals surface area contributed by atoms with E-state index in [0.29, 0.717) is 19.0 Å². The lowest BCUT2D eigenvalue weighted by Crippen LogP contribution is -2.38. The van der Waals surface area contributed by atoms with Gasteiger partial charge in [-0.25, -0.2) is 12.7 Å². The highest BCUT2D eigenvalue weighted by atomic mass is 32.2. The van der Waals surface area contributed by atoms with Crippen LogP contribution < -0.4 is 0 Å². The van der Waals surface area contributed by atoms with E-state index < -0.39 is 10.0 Å². The van der Waals surface area contributed by atoms with E-state index in [1.54, 1.807) is 22.6 Å². The Morgan fingerprint density at radius 2 is 2.12 bits per heavy atom. The van der Waals surface area contributed by atoms with E-state index in [0.717, 1.165) is 12.8 Å². The molecule has 1 saturated heterocycles. The van der Waals surface area contributed by atoms with E-state index in [1.807, 2.05) is 0 Å². The first-order valence-corrected chi connectivity index (χ1v) is 8.13. The summed E-state index contributed by atoms with van der Waals surface area (Å²) in [5.74, 6) is 0.778. The Hall–Kier alpha value is -0.390. The monoisotopic (exact) mass is 259 g/mol. The van der Waals surface area contributed by atoms with Gasteiger partial charge in [-0.05, 0) is 37.1 Å². The second kappa shape index (κ2) is 4.85. The summed E-state index contributed by atoms with van der Waals surface area (Å²) >= 11 is 1.78. The van der Waals surface area contributed by atoms with Gasteiger partial charge in [0.25, 0.3) is 0 Å². The summed E-state index contributed by atoms with van der Waals surface area (Å²) in [6.45, 7) is 3.07. The average Bonchev–Trinajstić information content (AvgIpc) is 2.83. The van der Waals surface area contributed by atoms with Crippen LogP contribution in [0.2, 0.25) is 0 Å². The van der Waals surface area contributed by atoms with Crippen molar-refractivity contribution in [3.63, 3.8) is 0 Å². The van der Waals surface area contributed by atoms with Gasteiger partial charge in [-0.3, -0.25) is 0 Å². The average molecular weight is 259 g/mol. The Bertz CT molecular complexity index is 417. The largest absolute Gasteiger partial charge is 0.213 e. The third-order valence-corrected chi connectivity index (χ3v) is 6.07. The van der Waals surface area contributed by atoms with Crippen molar-refractivity contribution in [3.8, 4) is 0 Å². The molecule has 0 bridgehead atoms. The van der Waals surface area contributed by atoms with Crippen LogP contribution in [0.15, 0.2) is 17.5 Å². The SMILES string of the molecule is CCS(=O)(=O)N1CCC(c2cccs2)CC1. The Kier molecular flexibility index (Phi) is 3.66. The van der Waals surface area contributed by atoms with E-state index in [2.05, 4.69) is 17.5 Å². The highest BCUT2D eigenvalue weighted by Crippen LogP contribution is 2.31. The number of sulfonamides is 1. The highest BCUT2D eigenvalue weighted by molar-refractivity contribution is 7.89. The quantitative estimate of drug-likeness (QED) is 0.835. The van der Waals surface area contributed by atoms with Gasteiger partial charge in [0.2, 0.25) is 10.0 Å². The molecule has 5 heteroatoms. The van der Waals surface area contributed by atoms with Crippen LogP contribution >= 0.6 is 11.3 Å². The standard InChI is InChI=1S/C11H17NO2S2/c1-2-16(13,14)12-7-5-10(6-8-12)11-4-3-9-15-11/h3-4,9-10H,2,5-8H2,1H3. The van der Waals surface area contributed by atoms with Crippen molar-refractivity contribution in [2.75, 3.05) is 18.8 Å². The molecule has 1 aromatic rings. The zero-order valence-corrected chi connectivity index (χ0v) is 11.1. The number of nitrogens with zero attached hydrogens (tertiary/aromatic N) is 1. The van der Waals surface area contributed by atoms with E-state index in [-0.39, 0.29) is 5.75 Å². The predicted octanol–water partition coefficient (Wildman–Crippen LogP) is 2.28. The molecular weight excluding hydrogens is 242 g/mol.